The number of hydrogen-bond donors (Lipinski definition) is 1. The Bertz CT molecular complexity index is 1390. The molecule has 176 valence electrons. The van der Waals surface area contributed by atoms with Gasteiger partial charge in [-0.15, -0.1) is 11.3 Å². The first-order valence-electron chi connectivity index (χ1n) is 11.6. The summed E-state index contributed by atoms with van der Waals surface area (Å²) in [5.74, 6) is -0.133. The standard InChI is InChI=1S/C27H29N3O3S/c1-3-7-21(24-10-6-17-34-24)28-25(31)15-16-29-22-8-4-5-9-23(22)30(27(33)26(29)32)18-20-13-11-19(2)12-14-20/h4-6,8-14,17,21H,3,7,15-16,18H2,1-2H3,(H,28,31)/t21-/m0/s1. The van der Waals surface area contributed by atoms with E-state index < -0.39 is 11.1 Å². The summed E-state index contributed by atoms with van der Waals surface area (Å²) >= 11 is 1.62. The number of aromatic nitrogens is 2. The van der Waals surface area contributed by atoms with E-state index in [1.54, 1.807) is 11.3 Å². The maximum Gasteiger partial charge on any atom is 0.317 e. The van der Waals surface area contributed by atoms with Crippen LogP contribution in [0.4, 0.5) is 0 Å². The maximum absolute atomic E-state index is 13.1. The molecule has 2 aromatic heterocycles. The van der Waals surface area contributed by atoms with Crippen LogP contribution < -0.4 is 16.4 Å². The third-order valence-corrected chi connectivity index (χ3v) is 6.95. The molecule has 34 heavy (non-hydrogen) atoms. The number of fused-ring (bicyclic) bond motifs is 1. The fourth-order valence-corrected chi connectivity index (χ4v) is 4.98. The average Bonchev–Trinajstić information content (AvgIpc) is 3.38. The molecule has 0 spiro atoms. The molecule has 7 heteroatoms. The summed E-state index contributed by atoms with van der Waals surface area (Å²) in [6.45, 7) is 4.56. The minimum absolute atomic E-state index is 0.0338. The van der Waals surface area contributed by atoms with E-state index in [1.807, 2.05) is 73.0 Å². The minimum Gasteiger partial charge on any atom is -0.348 e. The number of nitrogens with one attached hydrogen (secondary N) is 1. The van der Waals surface area contributed by atoms with Crippen LogP contribution >= 0.6 is 11.3 Å². The molecule has 0 aliphatic rings. The quantitative estimate of drug-likeness (QED) is 0.359. The summed E-state index contributed by atoms with van der Waals surface area (Å²) in [7, 11) is 0. The predicted molar refractivity (Wildman–Crippen MR) is 137 cm³/mol. The van der Waals surface area contributed by atoms with Crippen LogP contribution in [0.5, 0.6) is 0 Å². The van der Waals surface area contributed by atoms with Crippen molar-refractivity contribution in [2.75, 3.05) is 0 Å². The van der Waals surface area contributed by atoms with Crippen molar-refractivity contribution in [2.45, 2.75) is 52.2 Å². The molecule has 1 N–H and O–H groups in total. The van der Waals surface area contributed by atoms with Crippen LogP contribution in [0.2, 0.25) is 0 Å². The smallest absolute Gasteiger partial charge is 0.317 e. The Morgan fingerprint density at radius 3 is 2.26 bits per heavy atom. The number of nitrogens with zero attached hydrogens (tertiary/aromatic N) is 2. The van der Waals surface area contributed by atoms with Gasteiger partial charge in [0.2, 0.25) is 5.91 Å². The van der Waals surface area contributed by atoms with Gasteiger partial charge < -0.3 is 9.88 Å². The third-order valence-electron chi connectivity index (χ3n) is 5.96. The molecule has 0 bridgehead atoms. The SMILES string of the molecule is CCC[C@H](NC(=O)CCn1c(=O)c(=O)n(Cc2ccc(C)cc2)c2ccccc21)c1cccs1. The fourth-order valence-electron chi connectivity index (χ4n) is 4.17. The molecule has 0 saturated carbocycles. The van der Waals surface area contributed by atoms with Gasteiger partial charge in [-0.3, -0.25) is 19.0 Å². The monoisotopic (exact) mass is 475 g/mol. The van der Waals surface area contributed by atoms with E-state index in [0.29, 0.717) is 17.6 Å². The Morgan fingerprint density at radius 2 is 1.62 bits per heavy atom. The number of para-hydroxylation sites is 2. The van der Waals surface area contributed by atoms with Gasteiger partial charge in [0, 0.05) is 17.8 Å². The van der Waals surface area contributed by atoms with Crippen LogP contribution in [0.1, 0.15) is 48.2 Å². The third kappa shape index (κ3) is 5.20. The summed E-state index contributed by atoms with van der Waals surface area (Å²) in [4.78, 5) is 40.0. The molecule has 4 rings (SSSR count). The second-order valence-electron chi connectivity index (χ2n) is 8.50. The normalized spacial score (nSPS) is 12.1. The van der Waals surface area contributed by atoms with E-state index in [9.17, 15) is 14.4 Å². The number of rotatable bonds is 9. The molecule has 1 atom stereocenters. The molecule has 2 aromatic carbocycles. The molecule has 0 unspecified atom stereocenters. The lowest BCUT2D eigenvalue weighted by atomic mass is 10.1. The molecule has 1 amide bonds. The number of carbonyl (C=O) groups is 1. The van der Waals surface area contributed by atoms with Crippen molar-refractivity contribution >= 4 is 28.3 Å². The topological polar surface area (TPSA) is 73.1 Å². The van der Waals surface area contributed by atoms with Crippen LogP contribution in [-0.2, 0) is 17.9 Å². The van der Waals surface area contributed by atoms with Gasteiger partial charge in [0.25, 0.3) is 0 Å². The Labute approximate surface area is 202 Å². The van der Waals surface area contributed by atoms with Crippen LogP contribution in [0.25, 0.3) is 11.0 Å². The van der Waals surface area contributed by atoms with Crippen molar-refractivity contribution in [3.05, 3.63) is 103 Å². The van der Waals surface area contributed by atoms with E-state index >= 15 is 0 Å². The number of hydrogen-bond acceptors (Lipinski definition) is 4. The maximum atomic E-state index is 13.1. The molecule has 2 heterocycles. The second kappa shape index (κ2) is 10.7. The molecule has 0 saturated heterocycles. The number of aryl methyl sites for hydroxylation is 2. The number of thiophene rings is 1. The Morgan fingerprint density at radius 1 is 0.941 bits per heavy atom. The molecule has 0 fully saturated rings. The fraction of sp³-hybridized carbons (Fsp3) is 0.296. The highest BCUT2D eigenvalue weighted by atomic mass is 32.1. The predicted octanol–water partition coefficient (Wildman–Crippen LogP) is 4.63. The van der Waals surface area contributed by atoms with Crippen LogP contribution in [0.3, 0.4) is 0 Å². The van der Waals surface area contributed by atoms with Gasteiger partial charge >= 0.3 is 11.1 Å². The van der Waals surface area contributed by atoms with E-state index in [2.05, 4.69) is 12.2 Å². The van der Waals surface area contributed by atoms with Gasteiger partial charge in [0.15, 0.2) is 0 Å². The van der Waals surface area contributed by atoms with E-state index in [-0.39, 0.29) is 24.9 Å². The van der Waals surface area contributed by atoms with Gasteiger partial charge in [-0.1, -0.05) is 61.4 Å². The lowest BCUT2D eigenvalue weighted by Gasteiger charge is -2.18. The molecule has 6 nitrogen and oxygen atoms in total. The van der Waals surface area contributed by atoms with Crippen LogP contribution in [0, 0.1) is 6.92 Å². The van der Waals surface area contributed by atoms with E-state index in [0.717, 1.165) is 28.8 Å². The van der Waals surface area contributed by atoms with E-state index in [1.165, 1.54) is 9.13 Å². The zero-order valence-corrected chi connectivity index (χ0v) is 20.3. The minimum atomic E-state index is -0.609. The molecule has 0 radical (unpaired) electrons. The Kier molecular flexibility index (Phi) is 7.43. The summed E-state index contributed by atoms with van der Waals surface area (Å²) in [5.41, 5.74) is 2.22. The van der Waals surface area contributed by atoms with Gasteiger partial charge in [-0.25, -0.2) is 0 Å². The Balaban J connectivity index is 1.59. The Hall–Kier alpha value is -3.45. The van der Waals surface area contributed by atoms with Crippen molar-refractivity contribution < 1.29 is 4.79 Å². The first-order valence-corrected chi connectivity index (χ1v) is 12.5. The average molecular weight is 476 g/mol. The first kappa shape index (κ1) is 23.7. The summed E-state index contributed by atoms with van der Waals surface area (Å²) < 4.78 is 2.95. The highest BCUT2D eigenvalue weighted by molar-refractivity contribution is 7.10. The zero-order valence-electron chi connectivity index (χ0n) is 19.5. The number of amides is 1. The number of carbonyl (C=O) groups excluding carboxylic acids is 1. The van der Waals surface area contributed by atoms with Gasteiger partial charge in [-0.05, 0) is 42.5 Å². The van der Waals surface area contributed by atoms with Crippen molar-refractivity contribution in [1.82, 2.24) is 14.5 Å². The van der Waals surface area contributed by atoms with Gasteiger partial charge in [-0.2, -0.15) is 0 Å². The van der Waals surface area contributed by atoms with Gasteiger partial charge in [0.1, 0.15) is 0 Å². The highest BCUT2D eigenvalue weighted by Gasteiger charge is 2.17. The molecular weight excluding hydrogens is 446 g/mol. The molecular formula is C27H29N3O3S. The largest absolute Gasteiger partial charge is 0.348 e. The lowest BCUT2D eigenvalue weighted by molar-refractivity contribution is -0.122. The molecule has 4 aromatic rings. The van der Waals surface area contributed by atoms with Crippen LogP contribution in [0.15, 0.2) is 75.6 Å². The van der Waals surface area contributed by atoms with Crippen LogP contribution in [-0.4, -0.2) is 15.0 Å². The molecule has 0 aliphatic heterocycles. The van der Waals surface area contributed by atoms with Crippen molar-refractivity contribution in [3.63, 3.8) is 0 Å². The second-order valence-corrected chi connectivity index (χ2v) is 9.48. The van der Waals surface area contributed by atoms with Gasteiger partial charge in [0.05, 0.1) is 23.6 Å². The zero-order chi connectivity index (χ0) is 24.1. The summed E-state index contributed by atoms with van der Waals surface area (Å²) in [5, 5.41) is 5.10. The summed E-state index contributed by atoms with van der Waals surface area (Å²) in [6, 6.07) is 19.2. The van der Waals surface area contributed by atoms with Crippen molar-refractivity contribution in [3.8, 4) is 0 Å². The van der Waals surface area contributed by atoms with Crippen molar-refractivity contribution in [2.24, 2.45) is 0 Å². The first-order chi connectivity index (χ1) is 16.5. The van der Waals surface area contributed by atoms with E-state index in [4.69, 9.17) is 0 Å². The molecule has 0 aliphatic carbocycles. The van der Waals surface area contributed by atoms with Crippen molar-refractivity contribution in [1.29, 1.82) is 0 Å². The number of benzene rings is 2. The summed E-state index contributed by atoms with van der Waals surface area (Å²) in [6.07, 6.45) is 1.92. The highest BCUT2D eigenvalue weighted by Crippen LogP contribution is 2.23. The lowest BCUT2D eigenvalue weighted by Crippen LogP contribution is -2.42.